The molecule has 9 heteroatoms. The van der Waals surface area contributed by atoms with Crippen LogP contribution in [0.25, 0.3) is 17.5 Å². The molecule has 0 bridgehead atoms. The maximum Gasteiger partial charge on any atom is 0.279 e. The van der Waals surface area contributed by atoms with Crippen LogP contribution in [0.4, 0.5) is 14.6 Å². The predicted molar refractivity (Wildman–Crippen MR) is 91.8 cm³/mol. The number of anilines is 1. The Morgan fingerprint density at radius 3 is 3.00 bits per heavy atom. The molecular formula is C16H19F2N7. The van der Waals surface area contributed by atoms with E-state index in [0.29, 0.717) is 17.2 Å². The third kappa shape index (κ3) is 4.24. The molecule has 2 aromatic heterocycles. The minimum Gasteiger partial charge on any atom is -0.355 e. The molecule has 0 radical (unpaired) electrons. The Bertz CT molecular complexity index is 771. The van der Waals surface area contributed by atoms with Gasteiger partial charge in [0.2, 0.25) is 0 Å². The van der Waals surface area contributed by atoms with Crippen LogP contribution in [0.1, 0.15) is 18.7 Å². The largest absolute Gasteiger partial charge is 0.355 e. The smallest absolute Gasteiger partial charge is 0.279 e. The van der Waals surface area contributed by atoms with Crippen LogP contribution >= 0.6 is 0 Å². The van der Waals surface area contributed by atoms with Crippen LogP contribution in [-0.2, 0) is 0 Å². The maximum absolute atomic E-state index is 12.3. The van der Waals surface area contributed by atoms with E-state index in [4.69, 9.17) is 11.1 Å². The molecule has 1 aliphatic rings. The average Bonchev–Trinajstić information content (AvgIpc) is 3.09. The summed E-state index contributed by atoms with van der Waals surface area (Å²) in [7, 11) is 0. The maximum atomic E-state index is 12.3. The van der Waals surface area contributed by atoms with Crippen molar-refractivity contribution in [3.05, 3.63) is 30.5 Å². The van der Waals surface area contributed by atoms with Gasteiger partial charge in [-0.25, -0.2) is 23.7 Å². The number of aromatic amines is 1. The standard InChI is InChI=1S/C16H19F2N7/c17-16(18)11(20)3-4-14-21-7-13(24-14)12-6-15(23-9-22-12)25-5-1-2-10(19)8-25/h3-4,6-7,9-10,16,20H,1-2,5,8,19H2,(H,21,24)/b4-3-,20-11?. The van der Waals surface area contributed by atoms with Crippen LogP contribution in [0.3, 0.4) is 0 Å². The monoisotopic (exact) mass is 347 g/mol. The molecular weight excluding hydrogens is 328 g/mol. The van der Waals surface area contributed by atoms with Crippen molar-refractivity contribution in [2.24, 2.45) is 5.73 Å². The Kier molecular flexibility index (Phi) is 5.13. The summed E-state index contributed by atoms with van der Waals surface area (Å²) < 4.78 is 24.6. The van der Waals surface area contributed by atoms with E-state index in [1.807, 2.05) is 6.07 Å². The first-order valence-electron chi connectivity index (χ1n) is 7.95. The normalized spacial score (nSPS) is 18.2. The van der Waals surface area contributed by atoms with Crippen LogP contribution in [0.5, 0.6) is 0 Å². The number of aromatic nitrogens is 4. The Hall–Kier alpha value is -2.68. The first kappa shape index (κ1) is 17.2. The molecule has 3 heterocycles. The third-order valence-corrected chi connectivity index (χ3v) is 3.96. The van der Waals surface area contributed by atoms with Crippen LogP contribution < -0.4 is 10.6 Å². The van der Waals surface area contributed by atoms with Gasteiger partial charge < -0.3 is 15.6 Å². The van der Waals surface area contributed by atoms with Crippen LogP contribution in [0, 0.1) is 5.41 Å². The van der Waals surface area contributed by atoms with E-state index in [-0.39, 0.29) is 6.04 Å². The molecule has 1 unspecified atom stereocenters. The zero-order valence-corrected chi connectivity index (χ0v) is 13.5. The van der Waals surface area contributed by atoms with Crippen molar-refractivity contribution < 1.29 is 8.78 Å². The summed E-state index contributed by atoms with van der Waals surface area (Å²) in [5.74, 6) is 1.17. The van der Waals surface area contributed by atoms with Gasteiger partial charge in [0.1, 0.15) is 18.0 Å². The zero-order chi connectivity index (χ0) is 17.8. The SMILES string of the molecule is N=C(/C=C\c1ncc(-c2cc(N3CCCC(N)C3)ncn2)[nH]1)C(F)F. The molecule has 1 atom stereocenters. The quantitative estimate of drug-likeness (QED) is 0.718. The molecule has 132 valence electrons. The highest BCUT2D eigenvalue weighted by Gasteiger charge is 2.18. The molecule has 0 spiro atoms. The second-order valence-corrected chi connectivity index (χ2v) is 5.88. The summed E-state index contributed by atoms with van der Waals surface area (Å²) in [6.45, 7) is 1.65. The summed E-state index contributed by atoms with van der Waals surface area (Å²) in [5, 5.41) is 7.11. The van der Waals surface area contributed by atoms with E-state index in [1.54, 1.807) is 6.20 Å². The lowest BCUT2D eigenvalue weighted by Crippen LogP contribution is -2.43. The molecule has 1 aliphatic heterocycles. The number of nitrogens with two attached hydrogens (primary N) is 1. The average molecular weight is 347 g/mol. The second kappa shape index (κ2) is 7.47. The van der Waals surface area contributed by atoms with Crippen LogP contribution in [0.2, 0.25) is 0 Å². The Morgan fingerprint density at radius 1 is 1.40 bits per heavy atom. The minimum atomic E-state index is -2.80. The number of imidazole rings is 1. The van der Waals surface area contributed by atoms with Gasteiger partial charge in [-0.3, -0.25) is 5.41 Å². The van der Waals surface area contributed by atoms with Crippen molar-refractivity contribution in [1.82, 2.24) is 19.9 Å². The molecule has 1 saturated heterocycles. The van der Waals surface area contributed by atoms with Crippen LogP contribution in [0.15, 0.2) is 24.7 Å². The number of rotatable bonds is 5. The Labute approximate surface area is 143 Å². The van der Waals surface area contributed by atoms with Crippen LogP contribution in [-0.4, -0.2) is 51.2 Å². The molecule has 7 nitrogen and oxygen atoms in total. The Morgan fingerprint density at radius 2 is 2.24 bits per heavy atom. The molecule has 1 fully saturated rings. The van der Waals surface area contributed by atoms with Crippen molar-refractivity contribution in [1.29, 1.82) is 5.41 Å². The highest BCUT2D eigenvalue weighted by atomic mass is 19.3. The van der Waals surface area contributed by atoms with E-state index >= 15 is 0 Å². The third-order valence-electron chi connectivity index (χ3n) is 3.96. The van der Waals surface area contributed by atoms with E-state index in [2.05, 4.69) is 24.8 Å². The van der Waals surface area contributed by atoms with Gasteiger partial charge in [0, 0.05) is 25.2 Å². The van der Waals surface area contributed by atoms with Gasteiger partial charge in [-0.2, -0.15) is 0 Å². The number of nitrogens with zero attached hydrogens (tertiary/aromatic N) is 4. The van der Waals surface area contributed by atoms with Gasteiger partial charge >= 0.3 is 0 Å². The molecule has 2 aromatic rings. The molecule has 4 N–H and O–H groups in total. The molecule has 0 aliphatic carbocycles. The summed E-state index contributed by atoms with van der Waals surface area (Å²) in [6.07, 6.45) is 4.64. The number of allylic oxidation sites excluding steroid dienone is 1. The fourth-order valence-corrected chi connectivity index (χ4v) is 2.68. The lowest BCUT2D eigenvalue weighted by Gasteiger charge is -2.31. The summed E-state index contributed by atoms with van der Waals surface area (Å²) in [6, 6.07) is 1.99. The topological polar surface area (TPSA) is 108 Å². The van der Waals surface area contributed by atoms with E-state index in [0.717, 1.165) is 37.8 Å². The number of hydrogen-bond donors (Lipinski definition) is 3. The minimum absolute atomic E-state index is 0.140. The number of nitrogens with one attached hydrogen (secondary N) is 2. The highest BCUT2D eigenvalue weighted by molar-refractivity contribution is 5.97. The second-order valence-electron chi connectivity index (χ2n) is 5.88. The summed E-state index contributed by atoms with van der Waals surface area (Å²) in [5.41, 5.74) is 6.55. The fraction of sp³-hybridized carbons (Fsp3) is 0.375. The van der Waals surface area contributed by atoms with Gasteiger partial charge in [0.15, 0.2) is 0 Å². The lowest BCUT2D eigenvalue weighted by atomic mass is 10.1. The Balaban J connectivity index is 1.76. The molecule has 3 rings (SSSR count). The predicted octanol–water partition coefficient (Wildman–Crippen LogP) is 2.09. The highest BCUT2D eigenvalue weighted by Crippen LogP contribution is 2.22. The molecule has 0 saturated carbocycles. The van der Waals surface area contributed by atoms with E-state index in [9.17, 15) is 8.78 Å². The first-order valence-corrected chi connectivity index (χ1v) is 7.95. The zero-order valence-electron chi connectivity index (χ0n) is 13.5. The van der Waals surface area contributed by atoms with Crippen molar-refractivity contribution in [3.8, 4) is 11.4 Å². The summed E-state index contributed by atoms with van der Waals surface area (Å²) in [4.78, 5) is 17.8. The fourth-order valence-electron chi connectivity index (χ4n) is 2.68. The van der Waals surface area contributed by atoms with Gasteiger partial charge in [-0.15, -0.1) is 0 Å². The van der Waals surface area contributed by atoms with Gasteiger partial charge in [-0.05, 0) is 25.0 Å². The van der Waals surface area contributed by atoms with Crippen molar-refractivity contribution in [3.63, 3.8) is 0 Å². The number of alkyl halides is 2. The molecule has 25 heavy (non-hydrogen) atoms. The van der Waals surface area contributed by atoms with Gasteiger partial charge in [0.25, 0.3) is 6.43 Å². The lowest BCUT2D eigenvalue weighted by molar-refractivity contribution is 0.226. The van der Waals surface area contributed by atoms with Gasteiger partial charge in [-0.1, -0.05) is 0 Å². The number of H-pyrrole nitrogens is 1. The van der Waals surface area contributed by atoms with Crippen molar-refractivity contribution in [2.75, 3.05) is 18.0 Å². The van der Waals surface area contributed by atoms with Crippen molar-refractivity contribution >= 4 is 17.6 Å². The molecule has 0 amide bonds. The number of piperidine rings is 1. The number of hydrogen-bond acceptors (Lipinski definition) is 6. The van der Waals surface area contributed by atoms with E-state index < -0.39 is 12.1 Å². The molecule has 0 aromatic carbocycles. The first-order chi connectivity index (χ1) is 12.0. The van der Waals surface area contributed by atoms with Gasteiger partial charge in [0.05, 0.1) is 23.3 Å². The van der Waals surface area contributed by atoms with Crippen molar-refractivity contribution in [2.45, 2.75) is 25.3 Å². The summed E-state index contributed by atoms with van der Waals surface area (Å²) >= 11 is 0. The number of halogens is 2. The van der Waals surface area contributed by atoms with E-state index in [1.165, 1.54) is 12.4 Å².